The first-order valence-electron chi connectivity index (χ1n) is 18.0. The fourth-order valence-electron chi connectivity index (χ4n) is 7.74. The largest absolute Gasteiger partial charge is 0.456 e. The van der Waals surface area contributed by atoms with Gasteiger partial charge in [-0.3, -0.25) is 0 Å². The molecular formula is C50H34N2O. The molecule has 0 aliphatic carbocycles. The highest BCUT2D eigenvalue weighted by Gasteiger charge is 2.20. The van der Waals surface area contributed by atoms with Crippen LogP contribution in [0.5, 0.6) is 0 Å². The summed E-state index contributed by atoms with van der Waals surface area (Å²) in [6, 6.07) is 73.4. The lowest BCUT2D eigenvalue weighted by atomic mass is 9.94. The van der Waals surface area contributed by atoms with Gasteiger partial charge < -0.3 is 14.2 Å². The average Bonchev–Trinajstić information content (AvgIpc) is 3.60. The average molecular weight is 679 g/mol. The molecule has 0 bridgehead atoms. The normalized spacial score (nSPS) is 11.4. The van der Waals surface area contributed by atoms with Crippen molar-refractivity contribution in [3.8, 4) is 11.1 Å². The number of rotatable bonds is 7. The molecule has 0 radical (unpaired) electrons. The van der Waals surface area contributed by atoms with Gasteiger partial charge in [-0.1, -0.05) is 121 Å². The summed E-state index contributed by atoms with van der Waals surface area (Å²) in [6.45, 7) is 0. The minimum absolute atomic E-state index is 0.860. The Morgan fingerprint density at radius 1 is 0.302 bits per heavy atom. The van der Waals surface area contributed by atoms with Crippen LogP contribution < -0.4 is 9.80 Å². The first-order chi connectivity index (χ1) is 26.3. The number of para-hydroxylation sites is 3. The van der Waals surface area contributed by atoms with E-state index in [1.54, 1.807) is 0 Å². The topological polar surface area (TPSA) is 19.6 Å². The van der Waals surface area contributed by atoms with Crippen molar-refractivity contribution in [2.45, 2.75) is 0 Å². The molecule has 9 aromatic carbocycles. The molecule has 10 rings (SSSR count). The number of anilines is 6. The van der Waals surface area contributed by atoms with Crippen molar-refractivity contribution in [1.29, 1.82) is 0 Å². The summed E-state index contributed by atoms with van der Waals surface area (Å²) in [5, 5.41) is 7.03. The molecule has 0 fully saturated rings. The van der Waals surface area contributed by atoms with Crippen molar-refractivity contribution < 1.29 is 4.42 Å². The molecule has 0 amide bonds. The summed E-state index contributed by atoms with van der Waals surface area (Å²) in [4.78, 5) is 4.67. The molecule has 0 saturated heterocycles. The van der Waals surface area contributed by atoms with Gasteiger partial charge >= 0.3 is 0 Å². The standard InChI is InChI=1S/C50H34N2O/c1-3-17-38(18-4-1)51(39-19-5-2-6-20-39)40-26-28-41(29-27-40)52(42-30-31-47-46-23-11-12-25-49(46)53-50(47)34-42)48-33-37(32-36-15-8-10-22-45(36)48)44-24-13-16-35-14-7-9-21-43(35)44/h1-34H. The van der Waals surface area contributed by atoms with Crippen LogP contribution in [0.15, 0.2) is 211 Å². The Morgan fingerprint density at radius 2 is 0.830 bits per heavy atom. The zero-order valence-corrected chi connectivity index (χ0v) is 28.9. The highest BCUT2D eigenvalue weighted by molar-refractivity contribution is 6.08. The molecule has 3 heteroatoms. The first kappa shape index (κ1) is 30.7. The lowest BCUT2D eigenvalue weighted by Gasteiger charge is -2.29. The molecular weight excluding hydrogens is 645 g/mol. The summed E-state index contributed by atoms with van der Waals surface area (Å²) in [7, 11) is 0. The van der Waals surface area contributed by atoms with Crippen LogP contribution in [0, 0.1) is 0 Å². The summed E-state index contributed by atoms with van der Waals surface area (Å²) in [5.74, 6) is 0. The van der Waals surface area contributed by atoms with Crippen LogP contribution in [-0.4, -0.2) is 0 Å². The zero-order chi connectivity index (χ0) is 35.1. The Hall–Kier alpha value is -7.10. The molecule has 0 N–H and O–H groups in total. The molecule has 3 nitrogen and oxygen atoms in total. The molecule has 1 heterocycles. The molecule has 1 aromatic heterocycles. The van der Waals surface area contributed by atoms with Gasteiger partial charge in [0.05, 0.1) is 5.69 Å². The number of hydrogen-bond donors (Lipinski definition) is 0. The van der Waals surface area contributed by atoms with Gasteiger partial charge in [-0.05, 0) is 106 Å². The second-order valence-corrected chi connectivity index (χ2v) is 13.4. The van der Waals surface area contributed by atoms with Crippen molar-refractivity contribution in [3.05, 3.63) is 206 Å². The van der Waals surface area contributed by atoms with E-state index in [0.29, 0.717) is 0 Å². The third-order valence-electron chi connectivity index (χ3n) is 10.2. The van der Waals surface area contributed by atoms with Gasteiger partial charge in [-0.15, -0.1) is 0 Å². The quantitative estimate of drug-likeness (QED) is 0.167. The summed E-state index contributed by atoms with van der Waals surface area (Å²) in [6.07, 6.45) is 0. The predicted octanol–water partition coefficient (Wildman–Crippen LogP) is 14.5. The smallest absolute Gasteiger partial charge is 0.137 e. The highest BCUT2D eigenvalue weighted by Crippen LogP contribution is 2.45. The number of benzene rings is 9. The lowest BCUT2D eigenvalue weighted by Crippen LogP contribution is -2.12. The maximum atomic E-state index is 6.46. The second kappa shape index (κ2) is 12.9. The van der Waals surface area contributed by atoms with E-state index in [9.17, 15) is 0 Å². The van der Waals surface area contributed by atoms with E-state index < -0.39 is 0 Å². The Labute approximate surface area is 308 Å². The Morgan fingerprint density at radius 3 is 1.57 bits per heavy atom. The molecule has 0 aliphatic heterocycles. The molecule has 0 atom stereocenters. The van der Waals surface area contributed by atoms with Crippen LogP contribution in [-0.2, 0) is 0 Å². The van der Waals surface area contributed by atoms with Gasteiger partial charge in [-0.2, -0.15) is 0 Å². The fourth-order valence-corrected chi connectivity index (χ4v) is 7.74. The molecule has 10 aromatic rings. The molecule has 53 heavy (non-hydrogen) atoms. The maximum Gasteiger partial charge on any atom is 0.137 e. The van der Waals surface area contributed by atoms with E-state index in [2.05, 4.69) is 204 Å². The van der Waals surface area contributed by atoms with Crippen LogP contribution in [0.2, 0.25) is 0 Å². The zero-order valence-electron chi connectivity index (χ0n) is 28.9. The van der Waals surface area contributed by atoms with E-state index in [4.69, 9.17) is 4.42 Å². The third kappa shape index (κ3) is 5.47. The number of hydrogen-bond acceptors (Lipinski definition) is 3. The number of furan rings is 1. The summed E-state index contributed by atoms with van der Waals surface area (Å²) < 4.78 is 6.46. The molecule has 0 spiro atoms. The maximum absolute atomic E-state index is 6.46. The van der Waals surface area contributed by atoms with Crippen LogP contribution in [0.25, 0.3) is 54.6 Å². The fraction of sp³-hybridized carbons (Fsp3) is 0. The Balaban J connectivity index is 1.19. The van der Waals surface area contributed by atoms with Gasteiger partial charge in [-0.25, -0.2) is 0 Å². The van der Waals surface area contributed by atoms with Gasteiger partial charge in [0.2, 0.25) is 0 Å². The van der Waals surface area contributed by atoms with Gasteiger partial charge in [0.15, 0.2) is 0 Å². The van der Waals surface area contributed by atoms with Gasteiger partial charge in [0, 0.05) is 50.7 Å². The van der Waals surface area contributed by atoms with E-state index >= 15 is 0 Å². The van der Waals surface area contributed by atoms with E-state index in [1.807, 2.05) is 12.1 Å². The van der Waals surface area contributed by atoms with Crippen LogP contribution in [0.4, 0.5) is 34.1 Å². The van der Waals surface area contributed by atoms with E-state index in [1.165, 1.54) is 32.7 Å². The summed E-state index contributed by atoms with van der Waals surface area (Å²) in [5.41, 5.74) is 10.6. The van der Waals surface area contributed by atoms with Crippen molar-refractivity contribution >= 4 is 77.6 Å². The summed E-state index contributed by atoms with van der Waals surface area (Å²) >= 11 is 0. The second-order valence-electron chi connectivity index (χ2n) is 13.4. The van der Waals surface area contributed by atoms with Crippen molar-refractivity contribution in [2.24, 2.45) is 0 Å². The van der Waals surface area contributed by atoms with E-state index in [0.717, 1.165) is 56.1 Å². The predicted molar refractivity (Wildman–Crippen MR) is 224 cm³/mol. The minimum Gasteiger partial charge on any atom is -0.456 e. The van der Waals surface area contributed by atoms with Crippen LogP contribution in [0.1, 0.15) is 0 Å². The molecule has 0 aliphatic rings. The highest BCUT2D eigenvalue weighted by atomic mass is 16.3. The molecule has 0 saturated carbocycles. The first-order valence-corrected chi connectivity index (χ1v) is 18.0. The molecule has 250 valence electrons. The van der Waals surface area contributed by atoms with Crippen molar-refractivity contribution in [3.63, 3.8) is 0 Å². The minimum atomic E-state index is 0.860. The third-order valence-corrected chi connectivity index (χ3v) is 10.2. The monoisotopic (exact) mass is 678 g/mol. The van der Waals surface area contributed by atoms with E-state index in [-0.39, 0.29) is 0 Å². The lowest BCUT2D eigenvalue weighted by molar-refractivity contribution is 0.669. The van der Waals surface area contributed by atoms with Crippen LogP contribution >= 0.6 is 0 Å². The van der Waals surface area contributed by atoms with Crippen LogP contribution in [0.3, 0.4) is 0 Å². The van der Waals surface area contributed by atoms with Gasteiger partial charge in [0.25, 0.3) is 0 Å². The molecule has 0 unspecified atom stereocenters. The Kier molecular flexibility index (Phi) is 7.47. The van der Waals surface area contributed by atoms with Gasteiger partial charge in [0.1, 0.15) is 11.2 Å². The number of fused-ring (bicyclic) bond motifs is 5. The SMILES string of the molecule is c1ccc(N(c2ccccc2)c2ccc(N(c3ccc4c(c3)oc3ccccc34)c3cc(-c4cccc5ccccc45)cc4ccccc34)cc2)cc1. The number of nitrogens with zero attached hydrogens (tertiary/aromatic N) is 2. The van der Waals surface area contributed by atoms with Crippen molar-refractivity contribution in [2.75, 3.05) is 9.80 Å². The Bertz CT molecular complexity index is 2850. The van der Waals surface area contributed by atoms with Crippen molar-refractivity contribution in [1.82, 2.24) is 0 Å².